The van der Waals surface area contributed by atoms with Crippen LogP contribution in [0.5, 0.6) is 0 Å². The summed E-state index contributed by atoms with van der Waals surface area (Å²) in [5.74, 6) is -2.20. The molecule has 5 N–H and O–H groups in total. The molecule has 29 heavy (non-hydrogen) atoms. The van der Waals surface area contributed by atoms with Crippen molar-refractivity contribution >= 4 is 11.9 Å². The number of carbonyl (C=O) groups is 2. The van der Waals surface area contributed by atoms with Crippen molar-refractivity contribution in [2.75, 3.05) is 13.2 Å². The van der Waals surface area contributed by atoms with Crippen LogP contribution in [0.15, 0.2) is 23.0 Å². The zero-order valence-corrected chi connectivity index (χ0v) is 15.6. The Kier molecular flexibility index (Phi) is 6.56. The molecule has 11 heteroatoms. The molecule has 0 bridgehead atoms. The Labute approximate surface area is 165 Å². The lowest BCUT2D eigenvalue weighted by molar-refractivity contribution is -0.327. The highest BCUT2D eigenvalue weighted by molar-refractivity contribution is 5.88. The van der Waals surface area contributed by atoms with E-state index in [0.717, 1.165) is 6.26 Å². The van der Waals surface area contributed by atoms with Gasteiger partial charge in [0.1, 0.15) is 31.0 Å². The molecule has 1 aliphatic carbocycles. The van der Waals surface area contributed by atoms with Gasteiger partial charge in [0.2, 0.25) is 6.29 Å². The number of aliphatic carboxylic acids is 1. The van der Waals surface area contributed by atoms with Crippen LogP contribution in [0.1, 0.15) is 19.8 Å². The summed E-state index contributed by atoms with van der Waals surface area (Å²) in [4.78, 5) is 22.7. The molecule has 2 heterocycles. The van der Waals surface area contributed by atoms with Gasteiger partial charge in [-0.25, -0.2) is 4.79 Å². The van der Waals surface area contributed by atoms with Crippen molar-refractivity contribution in [1.82, 2.24) is 0 Å². The van der Waals surface area contributed by atoms with Gasteiger partial charge in [-0.05, 0) is 18.4 Å². The van der Waals surface area contributed by atoms with Gasteiger partial charge in [-0.2, -0.15) is 0 Å². The maximum Gasteiger partial charge on any atom is 0.335 e. The molecule has 162 valence electrons. The van der Waals surface area contributed by atoms with E-state index in [0.29, 0.717) is 24.0 Å². The van der Waals surface area contributed by atoms with Crippen LogP contribution in [0, 0.1) is 5.92 Å². The topological polar surface area (TPSA) is 172 Å². The average Bonchev–Trinajstić information content (AvgIpc) is 3.11. The lowest BCUT2D eigenvalue weighted by Gasteiger charge is -2.41. The molecule has 0 spiro atoms. The van der Waals surface area contributed by atoms with Crippen molar-refractivity contribution in [3.05, 3.63) is 23.0 Å². The van der Waals surface area contributed by atoms with Crippen molar-refractivity contribution < 1.29 is 54.1 Å². The molecule has 3 rings (SSSR count). The molecule has 0 aromatic rings. The molecular formula is C18H24O11. The van der Waals surface area contributed by atoms with Crippen LogP contribution in [0.3, 0.4) is 0 Å². The van der Waals surface area contributed by atoms with Crippen LogP contribution < -0.4 is 0 Å². The number of carboxylic acids is 1. The molecule has 0 amide bonds. The second-order valence-electron chi connectivity index (χ2n) is 7.11. The minimum absolute atomic E-state index is 0.0199. The van der Waals surface area contributed by atoms with Crippen LogP contribution in [0.4, 0.5) is 0 Å². The smallest absolute Gasteiger partial charge is 0.335 e. The summed E-state index contributed by atoms with van der Waals surface area (Å²) in [6, 6.07) is 0. The number of carboxylic acid groups (broad SMARTS) is 1. The maximum atomic E-state index is 11.5. The number of ether oxygens (including phenoxy) is 4. The Bertz CT molecular complexity index is 713. The predicted octanol–water partition coefficient (Wildman–Crippen LogP) is -1.60. The Balaban J connectivity index is 1.85. The lowest BCUT2D eigenvalue weighted by Crippen LogP contribution is -2.60. The summed E-state index contributed by atoms with van der Waals surface area (Å²) in [5.41, 5.74) is 1.10. The van der Waals surface area contributed by atoms with E-state index >= 15 is 0 Å². The molecule has 0 radical (unpaired) electrons. The normalized spacial score (nSPS) is 36.9. The molecular weight excluding hydrogens is 392 g/mol. The van der Waals surface area contributed by atoms with Gasteiger partial charge >= 0.3 is 11.9 Å². The van der Waals surface area contributed by atoms with E-state index in [9.17, 15) is 35.1 Å². The minimum Gasteiger partial charge on any atom is -0.478 e. The second-order valence-corrected chi connectivity index (χ2v) is 7.11. The quantitative estimate of drug-likeness (QED) is 0.249. The average molecular weight is 416 g/mol. The molecule has 0 unspecified atom stereocenters. The number of fused-ring (bicyclic) bond motifs is 1. The predicted molar refractivity (Wildman–Crippen MR) is 91.8 cm³/mol. The molecule has 3 aliphatic rings. The van der Waals surface area contributed by atoms with Gasteiger partial charge < -0.3 is 44.5 Å². The van der Waals surface area contributed by atoms with Crippen LogP contribution in [-0.2, 0) is 28.5 Å². The molecule has 7 atom stereocenters. The van der Waals surface area contributed by atoms with E-state index < -0.39 is 61.5 Å². The fraction of sp³-hybridized carbons (Fsp3) is 0.667. The number of carbonyl (C=O) groups excluding carboxylic acids is 1. The third-order valence-electron chi connectivity index (χ3n) is 5.27. The molecule has 2 aliphatic heterocycles. The van der Waals surface area contributed by atoms with Gasteiger partial charge in [-0.1, -0.05) is 0 Å². The van der Waals surface area contributed by atoms with Crippen molar-refractivity contribution in [3.8, 4) is 0 Å². The first-order valence-electron chi connectivity index (χ1n) is 9.14. The summed E-state index contributed by atoms with van der Waals surface area (Å²) >= 11 is 0. The number of rotatable bonds is 6. The van der Waals surface area contributed by atoms with E-state index in [4.69, 9.17) is 18.9 Å². The largest absolute Gasteiger partial charge is 0.478 e. The summed E-state index contributed by atoms with van der Waals surface area (Å²) in [7, 11) is 0. The molecule has 11 nitrogen and oxygen atoms in total. The zero-order valence-electron chi connectivity index (χ0n) is 15.6. The number of aliphatic hydroxyl groups is 4. The first-order valence-corrected chi connectivity index (χ1v) is 9.14. The molecule has 1 fully saturated rings. The van der Waals surface area contributed by atoms with E-state index in [1.165, 1.54) is 6.92 Å². The highest BCUT2D eigenvalue weighted by Gasteiger charge is 2.47. The highest BCUT2D eigenvalue weighted by atomic mass is 16.8. The summed E-state index contributed by atoms with van der Waals surface area (Å²) in [5, 5.41) is 48.7. The summed E-state index contributed by atoms with van der Waals surface area (Å²) in [6.45, 7) is 0.563. The SMILES string of the molecule is CC(=O)OCC1=C2[C@H](O[C@@H]3O[C@H](CO)[C@@H](O)[C@H](O)[C@H]3O)OC=C(C(=O)O)[C@H]2CC1. The second kappa shape index (κ2) is 8.78. The first-order chi connectivity index (χ1) is 13.7. The van der Waals surface area contributed by atoms with Gasteiger partial charge in [-0.15, -0.1) is 0 Å². The monoisotopic (exact) mass is 416 g/mol. The Hall–Kier alpha value is -2.02. The number of esters is 1. The Morgan fingerprint density at radius 2 is 1.93 bits per heavy atom. The van der Waals surface area contributed by atoms with Crippen LogP contribution in [-0.4, -0.2) is 87.7 Å². The molecule has 0 aromatic heterocycles. The molecule has 0 aromatic carbocycles. The lowest BCUT2D eigenvalue weighted by atomic mass is 9.90. The number of hydrogen-bond acceptors (Lipinski definition) is 10. The number of aliphatic hydroxyl groups excluding tert-OH is 4. The van der Waals surface area contributed by atoms with Gasteiger partial charge in [0.25, 0.3) is 0 Å². The third kappa shape index (κ3) is 4.29. The van der Waals surface area contributed by atoms with Gasteiger partial charge in [-0.3, -0.25) is 4.79 Å². The van der Waals surface area contributed by atoms with Gasteiger partial charge in [0.05, 0.1) is 18.4 Å². The molecule has 0 saturated carbocycles. The summed E-state index contributed by atoms with van der Waals surface area (Å²) in [6.07, 6.45) is -6.65. The van der Waals surface area contributed by atoms with Crippen molar-refractivity contribution in [2.24, 2.45) is 5.92 Å². The standard InChI is InChI=1S/C18H24O11/c1-7(20)26-5-8-2-3-9-10(16(24)25)6-27-17(12(8)9)29-18-15(23)14(22)13(21)11(4-19)28-18/h6,9,11,13-15,17-19,21-23H,2-5H2,1H3,(H,24,25)/t9-,11-,13-,14+,15-,17+,18+/m1/s1. The van der Waals surface area contributed by atoms with Gasteiger partial charge in [0.15, 0.2) is 6.29 Å². The van der Waals surface area contributed by atoms with E-state index in [2.05, 4.69) is 0 Å². The Morgan fingerprint density at radius 1 is 1.21 bits per heavy atom. The van der Waals surface area contributed by atoms with E-state index in [1.807, 2.05) is 0 Å². The zero-order chi connectivity index (χ0) is 21.3. The van der Waals surface area contributed by atoms with Crippen LogP contribution in [0.2, 0.25) is 0 Å². The minimum atomic E-state index is -1.64. The van der Waals surface area contributed by atoms with E-state index in [-0.39, 0.29) is 12.2 Å². The highest BCUT2D eigenvalue weighted by Crippen LogP contribution is 2.43. The molecule has 1 saturated heterocycles. The Morgan fingerprint density at radius 3 is 2.55 bits per heavy atom. The third-order valence-corrected chi connectivity index (χ3v) is 5.27. The van der Waals surface area contributed by atoms with Crippen molar-refractivity contribution in [2.45, 2.75) is 56.8 Å². The van der Waals surface area contributed by atoms with Crippen LogP contribution in [0.25, 0.3) is 0 Å². The number of hydrogen-bond donors (Lipinski definition) is 5. The fourth-order valence-electron chi connectivity index (χ4n) is 3.76. The first kappa shape index (κ1) is 21.7. The fourth-order valence-corrected chi connectivity index (χ4v) is 3.76. The van der Waals surface area contributed by atoms with Crippen LogP contribution >= 0.6 is 0 Å². The van der Waals surface area contributed by atoms with Crippen molar-refractivity contribution in [1.29, 1.82) is 0 Å². The summed E-state index contributed by atoms with van der Waals surface area (Å²) < 4.78 is 21.5. The van der Waals surface area contributed by atoms with Gasteiger partial charge in [0, 0.05) is 18.4 Å². The maximum absolute atomic E-state index is 11.5. The van der Waals surface area contributed by atoms with E-state index in [1.54, 1.807) is 0 Å². The van der Waals surface area contributed by atoms with Crippen molar-refractivity contribution in [3.63, 3.8) is 0 Å².